The maximum Gasteiger partial charge on any atom is 0.303 e. The second-order valence-corrected chi connectivity index (χ2v) is 6.73. The Bertz CT molecular complexity index is 214. The number of hydrogen-bond donors (Lipinski definition) is 1. The van der Waals surface area contributed by atoms with Gasteiger partial charge in [0.2, 0.25) is 0 Å². The summed E-state index contributed by atoms with van der Waals surface area (Å²) >= 11 is 0. The second-order valence-electron chi connectivity index (χ2n) is 6.73. The maximum absolute atomic E-state index is 10.7. The van der Waals surface area contributed by atoms with Crippen molar-refractivity contribution in [3.63, 3.8) is 0 Å². The minimum Gasteiger partial charge on any atom is -0.481 e. The molecule has 2 nitrogen and oxygen atoms in total. The highest BCUT2D eigenvalue weighted by Gasteiger charge is 2.46. The Morgan fingerprint density at radius 1 is 0.933 bits per heavy atom. The summed E-state index contributed by atoms with van der Waals surface area (Å²) in [6, 6.07) is 0. The van der Waals surface area contributed by atoms with Crippen molar-refractivity contribution in [2.45, 2.75) is 61.3 Å². The van der Waals surface area contributed by atoms with Crippen LogP contribution in [-0.2, 0) is 4.79 Å². The van der Waals surface area contributed by atoms with Gasteiger partial charge in [-0.1, -0.05) is 48.5 Å². The fourth-order valence-electron chi connectivity index (χ4n) is 2.23. The topological polar surface area (TPSA) is 37.3 Å². The Labute approximate surface area is 94.1 Å². The molecule has 0 aromatic heterocycles. The lowest BCUT2D eigenvalue weighted by molar-refractivity contribution is -0.139. The van der Waals surface area contributed by atoms with Gasteiger partial charge >= 0.3 is 5.97 Å². The van der Waals surface area contributed by atoms with Crippen molar-refractivity contribution in [2.24, 2.45) is 16.2 Å². The van der Waals surface area contributed by atoms with Gasteiger partial charge in [0.1, 0.15) is 0 Å². The first-order valence-corrected chi connectivity index (χ1v) is 5.63. The third-order valence-corrected chi connectivity index (χ3v) is 4.15. The van der Waals surface area contributed by atoms with Crippen LogP contribution in [0.5, 0.6) is 0 Å². The second kappa shape index (κ2) is 4.15. The predicted molar refractivity (Wildman–Crippen MR) is 63.9 cm³/mol. The molecule has 0 unspecified atom stereocenters. The van der Waals surface area contributed by atoms with Gasteiger partial charge in [0, 0.05) is 6.42 Å². The highest BCUT2D eigenvalue weighted by molar-refractivity contribution is 5.66. The van der Waals surface area contributed by atoms with Crippen LogP contribution in [0.25, 0.3) is 0 Å². The van der Waals surface area contributed by atoms with Crippen molar-refractivity contribution < 1.29 is 9.90 Å². The van der Waals surface area contributed by atoms with Crippen LogP contribution in [0.15, 0.2) is 0 Å². The Hall–Kier alpha value is -0.530. The Balaban J connectivity index is 4.98. The smallest absolute Gasteiger partial charge is 0.303 e. The number of carboxylic acids is 1. The van der Waals surface area contributed by atoms with Crippen LogP contribution >= 0.6 is 0 Å². The van der Waals surface area contributed by atoms with E-state index in [2.05, 4.69) is 48.5 Å². The number of carboxylic acid groups (broad SMARTS) is 1. The summed E-state index contributed by atoms with van der Waals surface area (Å²) in [6.07, 6.45) is 0.986. The fourth-order valence-corrected chi connectivity index (χ4v) is 2.23. The summed E-state index contributed by atoms with van der Waals surface area (Å²) < 4.78 is 0. The molecule has 90 valence electrons. The highest BCUT2D eigenvalue weighted by atomic mass is 16.4. The van der Waals surface area contributed by atoms with Crippen molar-refractivity contribution >= 4 is 5.97 Å². The molecule has 0 amide bonds. The standard InChI is InChI=1S/C13H26O2/c1-11(2,3)13(7,12(4,5)6)9-8-10(14)15/h8-9H2,1-7H3,(H,14,15). The van der Waals surface area contributed by atoms with Crippen molar-refractivity contribution in [1.29, 1.82) is 0 Å². The van der Waals surface area contributed by atoms with E-state index in [4.69, 9.17) is 5.11 Å². The molecule has 0 aliphatic heterocycles. The van der Waals surface area contributed by atoms with Gasteiger partial charge in [-0.15, -0.1) is 0 Å². The van der Waals surface area contributed by atoms with Crippen molar-refractivity contribution in [3.8, 4) is 0 Å². The molecule has 15 heavy (non-hydrogen) atoms. The van der Waals surface area contributed by atoms with Gasteiger partial charge in [-0.25, -0.2) is 0 Å². The first kappa shape index (κ1) is 14.5. The number of carbonyl (C=O) groups is 1. The first-order valence-electron chi connectivity index (χ1n) is 5.63. The molecule has 0 rings (SSSR count). The van der Waals surface area contributed by atoms with E-state index in [9.17, 15) is 4.79 Å². The van der Waals surface area contributed by atoms with Crippen LogP contribution in [0.1, 0.15) is 61.3 Å². The average Bonchev–Trinajstić information content (AvgIpc) is 1.95. The van der Waals surface area contributed by atoms with Crippen molar-refractivity contribution in [1.82, 2.24) is 0 Å². The van der Waals surface area contributed by atoms with Crippen LogP contribution in [0.4, 0.5) is 0 Å². The van der Waals surface area contributed by atoms with Gasteiger partial charge < -0.3 is 5.11 Å². The van der Waals surface area contributed by atoms with E-state index in [0.29, 0.717) is 0 Å². The van der Waals surface area contributed by atoms with Crippen LogP contribution < -0.4 is 0 Å². The van der Waals surface area contributed by atoms with Crippen LogP contribution in [0.2, 0.25) is 0 Å². The van der Waals surface area contributed by atoms with Crippen LogP contribution in [0.3, 0.4) is 0 Å². The van der Waals surface area contributed by atoms with Crippen LogP contribution in [0, 0.1) is 16.2 Å². The van der Waals surface area contributed by atoms with E-state index in [0.717, 1.165) is 6.42 Å². The van der Waals surface area contributed by atoms with Crippen molar-refractivity contribution in [2.75, 3.05) is 0 Å². The molecule has 0 saturated carbocycles. The van der Waals surface area contributed by atoms with Gasteiger partial charge in [-0.05, 0) is 22.7 Å². The van der Waals surface area contributed by atoms with Crippen LogP contribution in [-0.4, -0.2) is 11.1 Å². The lowest BCUT2D eigenvalue weighted by Crippen LogP contribution is -2.44. The molecule has 0 aromatic carbocycles. The number of rotatable bonds is 3. The Morgan fingerprint density at radius 2 is 1.27 bits per heavy atom. The summed E-state index contributed by atoms with van der Waals surface area (Å²) in [5.41, 5.74) is 0.250. The molecular weight excluding hydrogens is 188 g/mol. The zero-order valence-electron chi connectivity index (χ0n) is 11.3. The molecular formula is C13H26O2. The van der Waals surface area contributed by atoms with E-state index >= 15 is 0 Å². The molecule has 0 atom stereocenters. The van der Waals surface area contributed by atoms with Gasteiger partial charge in [0.05, 0.1) is 0 Å². The van der Waals surface area contributed by atoms with E-state index in [1.54, 1.807) is 0 Å². The summed E-state index contributed by atoms with van der Waals surface area (Å²) in [4.78, 5) is 10.7. The molecule has 1 N–H and O–H groups in total. The lowest BCUT2D eigenvalue weighted by Gasteiger charge is -2.51. The molecule has 0 heterocycles. The molecule has 0 radical (unpaired) electrons. The normalized spacial score (nSPS) is 14.1. The van der Waals surface area contributed by atoms with Gasteiger partial charge in [-0.3, -0.25) is 4.79 Å². The van der Waals surface area contributed by atoms with E-state index in [1.165, 1.54) is 0 Å². The molecule has 0 spiro atoms. The third-order valence-electron chi connectivity index (χ3n) is 4.15. The number of aliphatic carboxylic acids is 1. The summed E-state index contributed by atoms with van der Waals surface area (Å²) in [7, 11) is 0. The first-order chi connectivity index (χ1) is 6.42. The Morgan fingerprint density at radius 3 is 1.47 bits per heavy atom. The Kier molecular flexibility index (Phi) is 4.00. The number of hydrogen-bond acceptors (Lipinski definition) is 1. The molecule has 0 aliphatic carbocycles. The SMILES string of the molecule is CC(C)(C)C(C)(CCC(=O)O)C(C)(C)C. The van der Waals surface area contributed by atoms with E-state index in [-0.39, 0.29) is 22.7 Å². The molecule has 2 heteroatoms. The minimum atomic E-state index is -0.699. The van der Waals surface area contributed by atoms with Gasteiger partial charge in [0.15, 0.2) is 0 Å². The molecule has 0 bridgehead atoms. The van der Waals surface area contributed by atoms with E-state index < -0.39 is 5.97 Å². The van der Waals surface area contributed by atoms with E-state index in [1.807, 2.05) is 0 Å². The fraction of sp³-hybridized carbons (Fsp3) is 0.923. The monoisotopic (exact) mass is 214 g/mol. The quantitative estimate of drug-likeness (QED) is 0.772. The lowest BCUT2D eigenvalue weighted by atomic mass is 9.53. The highest BCUT2D eigenvalue weighted by Crippen LogP contribution is 2.54. The zero-order valence-corrected chi connectivity index (χ0v) is 11.3. The summed E-state index contributed by atoms with van der Waals surface area (Å²) in [5.74, 6) is -0.699. The summed E-state index contributed by atoms with van der Waals surface area (Å²) in [6.45, 7) is 15.4. The third kappa shape index (κ3) is 3.22. The predicted octanol–water partition coefficient (Wildman–Crippen LogP) is 3.95. The molecule has 0 aromatic rings. The molecule has 0 aliphatic rings. The summed E-state index contributed by atoms with van der Waals surface area (Å²) in [5, 5.41) is 8.81. The minimum absolute atomic E-state index is 0.0262. The zero-order chi connectivity index (χ0) is 12.5. The average molecular weight is 214 g/mol. The van der Waals surface area contributed by atoms with Gasteiger partial charge in [0.25, 0.3) is 0 Å². The largest absolute Gasteiger partial charge is 0.481 e. The maximum atomic E-state index is 10.7. The molecule has 0 fully saturated rings. The van der Waals surface area contributed by atoms with Crippen molar-refractivity contribution in [3.05, 3.63) is 0 Å². The molecule has 0 saturated heterocycles. The van der Waals surface area contributed by atoms with Gasteiger partial charge in [-0.2, -0.15) is 0 Å².